The molecule has 2 unspecified atom stereocenters. The number of phenolic OH excluding ortho intramolecular Hbond substituents is 1. The summed E-state index contributed by atoms with van der Waals surface area (Å²) in [6.45, 7) is 15.9. The maximum absolute atomic E-state index is 10.2. The molecule has 1 nitrogen and oxygen atoms in total. The highest BCUT2D eigenvalue weighted by molar-refractivity contribution is 5.31. The Hall–Kier alpha value is -0.980. The summed E-state index contributed by atoms with van der Waals surface area (Å²) in [5.41, 5.74) is 2.90. The molecule has 0 saturated heterocycles. The van der Waals surface area contributed by atoms with Crippen molar-refractivity contribution in [3.63, 3.8) is 0 Å². The summed E-state index contributed by atoms with van der Waals surface area (Å²) in [7, 11) is 0. The van der Waals surface area contributed by atoms with Crippen LogP contribution in [0.25, 0.3) is 0 Å². The van der Waals surface area contributed by atoms with Crippen LogP contribution in [0, 0.1) is 69.5 Å². The summed E-state index contributed by atoms with van der Waals surface area (Å²) in [5, 5.41) is 10.2. The molecule has 0 aromatic heterocycles. The Balaban J connectivity index is 1.11. The fraction of sp³-hybridized carbons (Fsp3) is 0.838. The predicted octanol–water partition coefficient (Wildman–Crippen LogP) is 10.3. The molecule has 0 radical (unpaired) electrons. The molecule has 5 aliphatic carbocycles. The number of aromatic hydroxyl groups is 1. The van der Waals surface area contributed by atoms with Gasteiger partial charge in [-0.1, -0.05) is 72.6 Å². The number of phenols is 1. The Kier molecular flexibility index (Phi) is 7.04. The van der Waals surface area contributed by atoms with Crippen molar-refractivity contribution in [1.82, 2.24) is 0 Å². The molecule has 0 spiro atoms. The largest absolute Gasteiger partial charge is 0.508 e. The van der Waals surface area contributed by atoms with Crippen LogP contribution in [0.5, 0.6) is 5.75 Å². The molecule has 0 bridgehead atoms. The average Bonchev–Trinajstić information content (AvgIpc) is 3.47. The molecule has 5 aliphatic rings. The van der Waals surface area contributed by atoms with Gasteiger partial charge in [0.25, 0.3) is 0 Å². The Morgan fingerprint density at radius 2 is 1.58 bits per heavy atom. The second-order valence-electron chi connectivity index (χ2n) is 16.2. The Morgan fingerprint density at radius 1 is 0.816 bits per heavy atom. The van der Waals surface area contributed by atoms with Crippen LogP contribution >= 0.6 is 0 Å². The highest BCUT2D eigenvalue weighted by atomic mass is 16.3. The van der Waals surface area contributed by atoms with E-state index in [1.54, 1.807) is 12.8 Å². The third kappa shape index (κ3) is 4.22. The van der Waals surface area contributed by atoms with Crippen LogP contribution in [-0.4, -0.2) is 5.11 Å². The number of hydrogen-bond acceptors (Lipinski definition) is 1. The van der Waals surface area contributed by atoms with Crippen molar-refractivity contribution in [1.29, 1.82) is 0 Å². The van der Waals surface area contributed by atoms with Gasteiger partial charge in [0.15, 0.2) is 0 Å². The third-order valence-electron chi connectivity index (χ3n) is 15.0. The number of para-hydroxylation sites is 1. The summed E-state index contributed by atoms with van der Waals surface area (Å²) in [6.07, 6.45) is 18.9. The van der Waals surface area contributed by atoms with Gasteiger partial charge < -0.3 is 5.11 Å². The minimum Gasteiger partial charge on any atom is -0.508 e. The third-order valence-corrected chi connectivity index (χ3v) is 15.0. The molecule has 6 rings (SSSR count). The molecule has 1 N–H and O–H groups in total. The maximum Gasteiger partial charge on any atom is 0.118 e. The van der Waals surface area contributed by atoms with Crippen molar-refractivity contribution in [2.24, 2.45) is 69.5 Å². The zero-order valence-electron chi connectivity index (χ0n) is 25.6. The summed E-state index contributed by atoms with van der Waals surface area (Å²) in [5.74, 6) is 8.77. The van der Waals surface area contributed by atoms with Crippen molar-refractivity contribution >= 4 is 0 Å². The average molecular weight is 519 g/mol. The minimum absolute atomic E-state index is 0.473. The number of hydrogen-bond donors (Lipinski definition) is 1. The molecular weight excluding hydrogens is 460 g/mol. The van der Waals surface area contributed by atoms with Gasteiger partial charge in [-0.3, -0.25) is 0 Å². The van der Waals surface area contributed by atoms with Crippen molar-refractivity contribution in [2.75, 3.05) is 0 Å². The Labute approximate surface area is 235 Å². The van der Waals surface area contributed by atoms with E-state index in [2.05, 4.69) is 53.7 Å². The lowest BCUT2D eigenvalue weighted by Crippen LogP contribution is -2.53. The van der Waals surface area contributed by atoms with E-state index < -0.39 is 0 Å². The van der Waals surface area contributed by atoms with Gasteiger partial charge in [0.1, 0.15) is 5.75 Å². The monoisotopic (exact) mass is 518 g/mol. The number of fused-ring (bicyclic) bond motifs is 5. The first-order valence-corrected chi connectivity index (χ1v) is 16.9. The van der Waals surface area contributed by atoms with E-state index in [9.17, 15) is 5.11 Å². The van der Waals surface area contributed by atoms with Crippen LogP contribution in [0.2, 0.25) is 0 Å². The standard InChI is InChI=1S/C37H58O/c1-24(14-15-27-11-7-8-13-34(27)38)26(3)37(6)23-33(37)25(2)30-18-19-31-29-17-16-28-12-9-10-21-35(28,4)32(29)20-22-36(30,31)5/h7-8,11,13,24-26,28-33,38H,9-10,12,14-23H2,1-6H3/t24?,25-,26+,28?,29-,30+,31-,32-,33+,35-,36+,37+/m0/s1. The topological polar surface area (TPSA) is 20.2 Å². The molecule has 0 heterocycles. The van der Waals surface area contributed by atoms with E-state index in [0.29, 0.717) is 27.9 Å². The second kappa shape index (κ2) is 9.83. The predicted molar refractivity (Wildman–Crippen MR) is 160 cm³/mol. The fourth-order valence-electron chi connectivity index (χ4n) is 12.2. The van der Waals surface area contributed by atoms with Crippen LogP contribution in [0.3, 0.4) is 0 Å². The van der Waals surface area contributed by atoms with Gasteiger partial charge in [-0.2, -0.15) is 0 Å². The number of benzene rings is 1. The van der Waals surface area contributed by atoms with Crippen LogP contribution in [0.1, 0.15) is 124 Å². The molecule has 212 valence electrons. The van der Waals surface area contributed by atoms with Gasteiger partial charge in [-0.05, 0) is 152 Å². The molecule has 5 saturated carbocycles. The first-order chi connectivity index (χ1) is 18.1. The molecule has 0 amide bonds. The van der Waals surface area contributed by atoms with Crippen LogP contribution in [-0.2, 0) is 6.42 Å². The molecule has 12 atom stereocenters. The number of aryl methyl sites for hydroxylation is 1. The molecule has 38 heavy (non-hydrogen) atoms. The van der Waals surface area contributed by atoms with E-state index in [0.717, 1.165) is 59.3 Å². The van der Waals surface area contributed by atoms with Gasteiger partial charge in [0.05, 0.1) is 0 Å². The first-order valence-electron chi connectivity index (χ1n) is 16.9. The van der Waals surface area contributed by atoms with Crippen molar-refractivity contribution in [2.45, 2.75) is 125 Å². The maximum atomic E-state index is 10.2. The second-order valence-corrected chi connectivity index (χ2v) is 16.2. The number of rotatable bonds is 7. The summed E-state index contributed by atoms with van der Waals surface area (Å²) >= 11 is 0. The Morgan fingerprint density at radius 3 is 2.37 bits per heavy atom. The highest BCUT2D eigenvalue weighted by Gasteiger charge is 2.64. The minimum atomic E-state index is 0.473. The lowest BCUT2D eigenvalue weighted by Gasteiger charge is -2.61. The lowest BCUT2D eigenvalue weighted by atomic mass is 9.44. The van der Waals surface area contributed by atoms with Crippen LogP contribution < -0.4 is 0 Å². The zero-order chi connectivity index (χ0) is 26.9. The van der Waals surface area contributed by atoms with Gasteiger partial charge >= 0.3 is 0 Å². The summed E-state index contributed by atoms with van der Waals surface area (Å²) in [4.78, 5) is 0. The van der Waals surface area contributed by atoms with Crippen molar-refractivity contribution in [3.05, 3.63) is 29.8 Å². The molecule has 1 aromatic rings. The summed E-state index contributed by atoms with van der Waals surface area (Å²) < 4.78 is 0. The zero-order valence-corrected chi connectivity index (χ0v) is 25.6. The lowest BCUT2D eigenvalue weighted by molar-refractivity contribution is -0.115. The fourth-order valence-corrected chi connectivity index (χ4v) is 12.2. The molecule has 0 aliphatic heterocycles. The van der Waals surface area contributed by atoms with E-state index in [1.807, 2.05) is 12.1 Å². The Bertz CT molecular complexity index is 998. The van der Waals surface area contributed by atoms with Gasteiger partial charge in [-0.15, -0.1) is 0 Å². The van der Waals surface area contributed by atoms with E-state index >= 15 is 0 Å². The van der Waals surface area contributed by atoms with Gasteiger partial charge in [0, 0.05) is 0 Å². The SMILES string of the molecule is CC(CCc1ccccc1O)[C@@H](C)[C@@]1(C)C[C@@H]1[C@@H](C)[C@H]1CC[C@H]2[C@@H]3CCC4CCCC[C@]4(C)[C@H]3CC[C@]12C. The van der Waals surface area contributed by atoms with Gasteiger partial charge in [0.2, 0.25) is 0 Å². The van der Waals surface area contributed by atoms with Gasteiger partial charge in [-0.25, -0.2) is 0 Å². The molecule has 1 aromatic carbocycles. The van der Waals surface area contributed by atoms with Crippen LogP contribution in [0.4, 0.5) is 0 Å². The highest BCUT2D eigenvalue weighted by Crippen LogP contribution is 2.71. The normalized spacial score (nSPS) is 46.4. The molecule has 1 heteroatoms. The van der Waals surface area contributed by atoms with E-state index in [-0.39, 0.29) is 0 Å². The van der Waals surface area contributed by atoms with Crippen LogP contribution in [0.15, 0.2) is 24.3 Å². The first kappa shape index (κ1) is 27.2. The van der Waals surface area contributed by atoms with E-state index in [1.165, 1.54) is 64.2 Å². The van der Waals surface area contributed by atoms with Crippen molar-refractivity contribution in [3.8, 4) is 5.75 Å². The smallest absolute Gasteiger partial charge is 0.118 e. The summed E-state index contributed by atoms with van der Waals surface area (Å²) in [6, 6.07) is 7.94. The molecule has 5 fully saturated rings. The molecular formula is C37H58O. The van der Waals surface area contributed by atoms with Crippen molar-refractivity contribution < 1.29 is 5.11 Å². The quantitative estimate of drug-likeness (QED) is 0.380. The van der Waals surface area contributed by atoms with E-state index in [4.69, 9.17) is 0 Å².